The number of hydrogen-bond acceptors (Lipinski definition) is 5. The first-order chi connectivity index (χ1) is 14.0. The highest BCUT2D eigenvalue weighted by atomic mass is 32.2. The fraction of sp³-hybridized carbons (Fsp3) is 0.273. The van der Waals surface area contributed by atoms with Gasteiger partial charge in [-0.2, -0.15) is 9.57 Å². The lowest BCUT2D eigenvalue weighted by molar-refractivity contribution is 0.268. The Hall–Kier alpha value is -2.95. The molecular formula is C22H22N4O2S. The van der Waals surface area contributed by atoms with Crippen LogP contribution in [0.3, 0.4) is 0 Å². The average Bonchev–Trinajstić information content (AvgIpc) is 2.74. The molecule has 7 heteroatoms. The quantitative estimate of drug-likeness (QED) is 0.693. The third-order valence-electron chi connectivity index (χ3n) is 5.30. The third kappa shape index (κ3) is 3.95. The normalized spacial score (nSPS) is 17.7. The van der Waals surface area contributed by atoms with Gasteiger partial charge in [0.05, 0.1) is 22.0 Å². The van der Waals surface area contributed by atoms with Gasteiger partial charge in [0.25, 0.3) is 0 Å². The van der Waals surface area contributed by atoms with Crippen LogP contribution in [0.5, 0.6) is 0 Å². The van der Waals surface area contributed by atoms with E-state index < -0.39 is 10.0 Å². The van der Waals surface area contributed by atoms with Crippen LogP contribution in [0.4, 0.5) is 11.5 Å². The van der Waals surface area contributed by atoms with E-state index >= 15 is 0 Å². The standard InChI is InChI=1S/C22H22N4O2S/c1-16-4-2-3-13-26(16)29(27,28)20-10-11-21-18(14-20)7-12-22(25-21)24-19-8-5-17(15-23)6-9-19/h5-12,14,16H,2-4,13H2,1H3,(H,24,25). The van der Waals surface area contributed by atoms with Crippen molar-refractivity contribution in [2.24, 2.45) is 0 Å². The van der Waals surface area contributed by atoms with Crippen LogP contribution < -0.4 is 5.32 Å². The molecule has 1 saturated heterocycles. The smallest absolute Gasteiger partial charge is 0.243 e. The van der Waals surface area contributed by atoms with Gasteiger partial charge in [0, 0.05) is 23.7 Å². The van der Waals surface area contributed by atoms with E-state index in [0.29, 0.717) is 28.3 Å². The van der Waals surface area contributed by atoms with Crippen LogP contribution in [0.1, 0.15) is 31.7 Å². The van der Waals surface area contributed by atoms with Gasteiger partial charge in [-0.1, -0.05) is 6.42 Å². The molecule has 1 fully saturated rings. The summed E-state index contributed by atoms with van der Waals surface area (Å²) in [4.78, 5) is 4.89. The second kappa shape index (κ2) is 7.82. The van der Waals surface area contributed by atoms with Crippen molar-refractivity contribution in [1.29, 1.82) is 5.26 Å². The summed E-state index contributed by atoms with van der Waals surface area (Å²) in [6.45, 7) is 2.55. The first kappa shape index (κ1) is 19.4. The third-order valence-corrected chi connectivity index (χ3v) is 7.31. The summed E-state index contributed by atoms with van der Waals surface area (Å²) in [7, 11) is -3.50. The zero-order valence-corrected chi connectivity index (χ0v) is 17.0. The molecule has 2 heterocycles. The van der Waals surface area contributed by atoms with Crippen LogP contribution in [-0.2, 0) is 10.0 Å². The molecule has 0 bridgehead atoms. The van der Waals surface area contributed by atoms with Gasteiger partial charge in [-0.15, -0.1) is 0 Å². The maximum atomic E-state index is 13.1. The van der Waals surface area contributed by atoms with Crippen LogP contribution in [0, 0.1) is 11.3 Å². The summed E-state index contributed by atoms with van der Waals surface area (Å²) in [5, 5.41) is 12.9. The summed E-state index contributed by atoms with van der Waals surface area (Å²) in [6.07, 6.45) is 2.88. The average molecular weight is 407 g/mol. The van der Waals surface area contributed by atoms with Crippen molar-refractivity contribution in [2.45, 2.75) is 37.1 Å². The SMILES string of the molecule is CC1CCCCN1S(=O)(=O)c1ccc2nc(Nc3ccc(C#N)cc3)ccc2c1. The molecule has 6 nitrogen and oxygen atoms in total. The number of nitrogens with one attached hydrogen (secondary N) is 1. The van der Waals surface area contributed by atoms with E-state index in [-0.39, 0.29) is 6.04 Å². The number of rotatable bonds is 4. The lowest BCUT2D eigenvalue weighted by Crippen LogP contribution is -2.41. The molecule has 148 valence electrons. The molecule has 29 heavy (non-hydrogen) atoms. The Bertz CT molecular complexity index is 1180. The van der Waals surface area contributed by atoms with Gasteiger partial charge in [-0.3, -0.25) is 0 Å². The molecular weight excluding hydrogens is 384 g/mol. The number of benzene rings is 2. The van der Waals surface area contributed by atoms with Crippen molar-refractivity contribution in [2.75, 3.05) is 11.9 Å². The van der Waals surface area contributed by atoms with E-state index in [0.717, 1.165) is 30.3 Å². The van der Waals surface area contributed by atoms with Crippen LogP contribution >= 0.6 is 0 Å². The molecule has 1 unspecified atom stereocenters. The molecule has 0 radical (unpaired) electrons. The zero-order chi connectivity index (χ0) is 20.4. The first-order valence-electron chi connectivity index (χ1n) is 9.67. The van der Waals surface area contributed by atoms with E-state index in [4.69, 9.17) is 5.26 Å². The summed E-state index contributed by atoms with van der Waals surface area (Å²) in [5.74, 6) is 0.655. The van der Waals surface area contributed by atoms with Crippen LogP contribution in [0.2, 0.25) is 0 Å². The molecule has 1 N–H and O–H groups in total. The van der Waals surface area contributed by atoms with Crippen LogP contribution in [0.25, 0.3) is 10.9 Å². The van der Waals surface area contributed by atoms with E-state index in [1.165, 1.54) is 0 Å². The fourth-order valence-corrected chi connectivity index (χ4v) is 5.41. The molecule has 1 aromatic heterocycles. The van der Waals surface area contributed by atoms with Gasteiger partial charge >= 0.3 is 0 Å². The second-order valence-electron chi connectivity index (χ2n) is 7.33. The maximum absolute atomic E-state index is 13.1. The zero-order valence-electron chi connectivity index (χ0n) is 16.2. The van der Waals surface area contributed by atoms with Gasteiger partial charge in [-0.05, 0) is 74.4 Å². The highest BCUT2D eigenvalue weighted by molar-refractivity contribution is 7.89. The van der Waals surface area contributed by atoms with Crippen molar-refractivity contribution in [3.8, 4) is 6.07 Å². The van der Waals surface area contributed by atoms with Crippen molar-refractivity contribution in [3.05, 3.63) is 60.2 Å². The molecule has 0 saturated carbocycles. The number of sulfonamides is 1. The van der Waals surface area contributed by atoms with E-state index in [9.17, 15) is 8.42 Å². The minimum Gasteiger partial charge on any atom is -0.340 e. The van der Waals surface area contributed by atoms with Crippen molar-refractivity contribution < 1.29 is 8.42 Å². The number of hydrogen-bond donors (Lipinski definition) is 1. The minimum atomic E-state index is -3.50. The van der Waals surface area contributed by atoms with Gasteiger partial charge in [0.15, 0.2) is 0 Å². The Labute approximate surface area is 170 Å². The number of pyridine rings is 1. The number of aromatic nitrogens is 1. The maximum Gasteiger partial charge on any atom is 0.243 e. The number of nitrogens with zero attached hydrogens (tertiary/aromatic N) is 3. The van der Waals surface area contributed by atoms with E-state index in [2.05, 4.69) is 16.4 Å². The molecule has 2 aromatic carbocycles. The summed E-state index contributed by atoms with van der Waals surface area (Å²) < 4.78 is 27.8. The predicted octanol–water partition coefficient (Wildman–Crippen LogP) is 4.41. The Morgan fingerprint density at radius 2 is 1.90 bits per heavy atom. The molecule has 1 aliphatic rings. The highest BCUT2D eigenvalue weighted by Crippen LogP contribution is 2.27. The van der Waals surface area contributed by atoms with Crippen molar-refractivity contribution in [1.82, 2.24) is 9.29 Å². The molecule has 0 amide bonds. The molecule has 1 atom stereocenters. The summed E-state index contributed by atoms with van der Waals surface area (Å²) in [5.41, 5.74) is 2.14. The Morgan fingerprint density at radius 3 is 2.62 bits per heavy atom. The lowest BCUT2D eigenvalue weighted by Gasteiger charge is -2.32. The van der Waals surface area contributed by atoms with Crippen molar-refractivity contribution >= 4 is 32.4 Å². The number of fused-ring (bicyclic) bond motifs is 1. The Balaban J connectivity index is 1.60. The fourth-order valence-electron chi connectivity index (χ4n) is 3.67. The molecule has 4 rings (SSSR count). The van der Waals surface area contributed by atoms with Gasteiger partial charge in [0.2, 0.25) is 10.0 Å². The molecule has 0 spiro atoms. The first-order valence-corrected chi connectivity index (χ1v) is 11.1. The van der Waals surface area contributed by atoms with Crippen LogP contribution in [-0.4, -0.2) is 30.3 Å². The summed E-state index contributed by atoms with van der Waals surface area (Å²) >= 11 is 0. The second-order valence-corrected chi connectivity index (χ2v) is 9.22. The van der Waals surface area contributed by atoms with Gasteiger partial charge in [-0.25, -0.2) is 13.4 Å². The topological polar surface area (TPSA) is 86.1 Å². The molecule has 0 aliphatic carbocycles. The van der Waals surface area contributed by atoms with Crippen molar-refractivity contribution in [3.63, 3.8) is 0 Å². The highest BCUT2D eigenvalue weighted by Gasteiger charge is 2.31. The number of nitriles is 1. The predicted molar refractivity (Wildman–Crippen MR) is 113 cm³/mol. The Morgan fingerprint density at radius 1 is 1.10 bits per heavy atom. The van der Waals surface area contributed by atoms with Gasteiger partial charge < -0.3 is 5.32 Å². The molecule has 1 aliphatic heterocycles. The van der Waals surface area contributed by atoms with Gasteiger partial charge in [0.1, 0.15) is 5.82 Å². The minimum absolute atomic E-state index is 0.0292. The van der Waals surface area contributed by atoms with E-state index in [1.807, 2.05) is 31.2 Å². The monoisotopic (exact) mass is 406 g/mol. The molecule has 3 aromatic rings. The Kier molecular flexibility index (Phi) is 5.22. The number of piperidine rings is 1. The summed E-state index contributed by atoms with van der Waals surface area (Å²) in [6, 6.07) is 18.0. The van der Waals surface area contributed by atoms with Crippen LogP contribution in [0.15, 0.2) is 59.5 Å². The largest absolute Gasteiger partial charge is 0.340 e. The lowest BCUT2D eigenvalue weighted by atomic mass is 10.1. The van der Waals surface area contributed by atoms with E-state index in [1.54, 1.807) is 34.6 Å². The number of anilines is 2.